The Labute approximate surface area is 262 Å². The molecule has 9 heteroatoms. The summed E-state index contributed by atoms with van der Waals surface area (Å²) in [4.78, 5) is 62.4. The third-order valence-electron chi connectivity index (χ3n) is 6.83. The molecule has 2 rings (SSSR count). The van der Waals surface area contributed by atoms with E-state index in [0.717, 1.165) is 17.5 Å². The fraction of sp³-hybridized carbons (Fsp3) is 0.485. The van der Waals surface area contributed by atoms with Crippen molar-refractivity contribution in [1.82, 2.24) is 5.32 Å². The van der Waals surface area contributed by atoms with E-state index in [1.54, 1.807) is 55.5 Å². The molecule has 2 aromatic carbocycles. The molecule has 0 aliphatic heterocycles. The zero-order valence-corrected chi connectivity index (χ0v) is 27.6. The second kappa shape index (κ2) is 16.5. The molecule has 0 fully saturated rings. The van der Waals surface area contributed by atoms with Crippen molar-refractivity contribution < 1.29 is 28.7 Å². The summed E-state index contributed by atoms with van der Waals surface area (Å²) < 4.78 is 5.77. The van der Waals surface area contributed by atoms with Gasteiger partial charge in [0, 0.05) is 36.4 Å². The van der Waals surface area contributed by atoms with Gasteiger partial charge in [0.05, 0.1) is 4.43 Å². The lowest BCUT2D eigenvalue weighted by Gasteiger charge is -2.22. The molecular weight excluding hydrogens is 647 g/mol. The highest BCUT2D eigenvalue weighted by Gasteiger charge is 2.28. The number of hydrogen-bond acceptors (Lipinski definition) is 6. The first-order valence-corrected chi connectivity index (χ1v) is 15.8. The molecule has 0 bridgehead atoms. The molecule has 2 amide bonds. The summed E-state index contributed by atoms with van der Waals surface area (Å²) in [5, 5.41) is 5.52. The van der Waals surface area contributed by atoms with E-state index in [4.69, 9.17) is 4.74 Å². The summed E-state index contributed by atoms with van der Waals surface area (Å²) in [6, 6.07) is 13.0. The Kier molecular flexibility index (Phi) is 13.8. The normalized spacial score (nSPS) is 12.8. The Bertz CT molecular complexity index is 1230. The summed E-state index contributed by atoms with van der Waals surface area (Å²) >= 11 is 2.03. The van der Waals surface area contributed by atoms with Crippen molar-refractivity contribution in [1.29, 1.82) is 0 Å². The van der Waals surface area contributed by atoms with E-state index in [-0.39, 0.29) is 47.8 Å². The molecule has 0 aliphatic rings. The Balaban J connectivity index is 1.88. The van der Waals surface area contributed by atoms with Crippen LogP contribution >= 0.6 is 22.6 Å². The predicted molar refractivity (Wildman–Crippen MR) is 172 cm³/mol. The van der Waals surface area contributed by atoms with E-state index in [1.165, 1.54) is 0 Å². The number of halogens is 1. The second-order valence-electron chi connectivity index (χ2n) is 12.2. The summed E-state index contributed by atoms with van der Waals surface area (Å²) in [5.74, 6) is -1.80. The number of Topliss-reactive ketones (excluding diaryl/α,β-unsaturated/α-hetero) is 2. The number of hydrogen-bond donors (Lipinski definition) is 2. The number of anilines is 1. The minimum absolute atomic E-state index is 0.00606. The number of ether oxygens (including phenoxy) is 1. The van der Waals surface area contributed by atoms with E-state index in [9.17, 15) is 24.0 Å². The lowest BCUT2D eigenvalue weighted by molar-refractivity contribution is -0.145. The molecule has 0 radical (unpaired) electrons. The molecule has 0 heterocycles. The van der Waals surface area contributed by atoms with Gasteiger partial charge < -0.3 is 15.4 Å². The maximum atomic E-state index is 13.1. The van der Waals surface area contributed by atoms with Gasteiger partial charge in [-0.2, -0.15) is 0 Å². The van der Waals surface area contributed by atoms with E-state index >= 15 is 0 Å². The fourth-order valence-electron chi connectivity index (χ4n) is 4.07. The Morgan fingerprint density at radius 2 is 1.45 bits per heavy atom. The average molecular weight is 691 g/mol. The molecule has 2 N–H and O–H groups in total. The summed E-state index contributed by atoms with van der Waals surface area (Å²) in [5.41, 5.74) is 2.73. The van der Waals surface area contributed by atoms with Crippen molar-refractivity contribution >= 4 is 57.6 Å². The maximum Gasteiger partial charge on any atom is 0.306 e. The molecule has 2 atom stereocenters. The first kappa shape index (κ1) is 35.1. The highest BCUT2D eigenvalue weighted by Crippen LogP contribution is 2.22. The van der Waals surface area contributed by atoms with Gasteiger partial charge in [0.25, 0.3) is 0 Å². The number of carbonyl (C=O) groups is 5. The number of esters is 1. The van der Waals surface area contributed by atoms with Gasteiger partial charge in [0.2, 0.25) is 11.8 Å². The molecule has 0 aliphatic carbocycles. The first-order chi connectivity index (χ1) is 19.7. The van der Waals surface area contributed by atoms with E-state index in [0.29, 0.717) is 28.5 Å². The third kappa shape index (κ3) is 12.4. The minimum atomic E-state index is -0.827. The lowest BCUT2D eigenvalue weighted by Crippen LogP contribution is -2.45. The predicted octanol–water partition coefficient (Wildman–Crippen LogP) is 6.09. The van der Waals surface area contributed by atoms with Gasteiger partial charge in [-0.05, 0) is 47.9 Å². The zero-order valence-electron chi connectivity index (χ0n) is 25.4. The smallest absolute Gasteiger partial charge is 0.306 e. The second-order valence-corrected chi connectivity index (χ2v) is 12.9. The van der Waals surface area contributed by atoms with Crippen molar-refractivity contribution in [3.63, 3.8) is 0 Å². The highest BCUT2D eigenvalue weighted by atomic mass is 127. The summed E-state index contributed by atoms with van der Waals surface area (Å²) in [6.07, 6.45) is 1.44. The van der Waals surface area contributed by atoms with E-state index < -0.39 is 17.9 Å². The highest BCUT2D eigenvalue weighted by molar-refractivity contribution is 14.1. The topological polar surface area (TPSA) is 119 Å². The van der Waals surface area contributed by atoms with Crippen LogP contribution in [-0.2, 0) is 36.9 Å². The average Bonchev–Trinajstić information content (AvgIpc) is 2.93. The third-order valence-corrected chi connectivity index (χ3v) is 7.68. The van der Waals surface area contributed by atoms with E-state index in [2.05, 4.69) is 31.4 Å². The van der Waals surface area contributed by atoms with Gasteiger partial charge in [0.1, 0.15) is 18.4 Å². The van der Waals surface area contributed by atoms with Gasteiger partial charge in [-0.1, -0.05) is 93.6 Å². The molecule has 0 unspecified atom stereocenters. The minimum Gasteiger partial charge on any atom is -0.461 e. The lowest BCUT2D eigenvalue weighted by atomic mass is 9.87. The molecule has 0 saturated carbocycles. The van der Waals surface area contributed by atoms with Gasteiger partial charge in [-0.3, -0.25) is 24.0 Å². The number of nitrogens with one attached hydrogen (secondary N) is 2. The number of rotatable bonds is 15. The largest absolute Gasteiger partial charge is 0.461 e. The van der Waals surface area contributed by atoms with Crippen LogP contribution in [0.4, 0.5) is 5.69 Å². The monoisotopic (exact) mass is 690 g/mol. The van der Waals surface area contributed by atoms with Crippen LogP contribution in [0.2, 0.25) is 0 Å². The summed E-state index contributed by atoms with van der Waals surface area (Å²) in [7, 11) is 0. The van der Waals surface area contributed by atoms with Crippen LogP contribution in [-0.4, -0.2) is 39.8 Å². The standard InChI is InChI=1S/C33H43IN2O6/c1-21(2)28(18-29(38)25-11-7-23(8-12-25)17-27(37)19-34)32(41)35-22(3)31(40)36-26-13-9-24(10-14-26)20-42-30(39)15-16-33(4,5)6/h7-14,21-22,28H,15-20H2,1-6H3,(H,35,41)(H,36,40)/t22-,28-/m0/s1. The number of benzene rings is 2. The van der Waals surface area contributed by atoms with Crippen LogP contribution in [0.1, 0.15) is 82.3 Å². The van der Waals surface area contributed by atoms with Crippen molar-refractivity contribution in [3.05, 3.63) is 65.2 Å². The Morgan fingerprint density at radius 3 is 2.00 bits per heavy atom. The molecule has 8 nitrogen and oxygen atoms in total. The van der Waals surface area contributed by atoms with Gasteiger partial charge in [-0.15, -0.1) is 0 Å². The van der Waals surface area contributed by atoms with Gasteiger partial charge in [0.15, 0.2) is 5.78 Å². The Hall–Kier alpha value is -3.08. The molecule has 0 aromatic heterocycles. The molecule has 0 saturated heterocycles. The van der Waals surface area contributed by atoms with Crippen molar-refractivity contribution in [3.8, 4) is 0 Å². The number of carbonyl (C=O) groups excluding carboxylic acids is 5. The zero-order chi connectivity index (χ0) is 31.4. The number of alkyl halides is 1. The van der Waals surface area contributed by atoms with Gasteiger partial charge in [-0.25, -0.2) is 0 Å². The van der Waals surface area contributed by atoms with Crippen LogP contribution in [0.3, 0.4) is 0 Å². The number of ketones is 2. The van der Waals surface area contributed by atoms with Crippen LogP contribution in [0.15, 0.2) is 48.5 Å². The fourth-order valence-corrected chi connectivity index (χ4v) is 4.34. The summed E-state index contributed by atoms with van der Waals surface area (Å²) in [6.45, 7) is 11.7. The SMILES string of the molecule is CC(C)[C@H](CC(=O)c1ccc(CC(=O)CI)cc1)C(=O)N[C@@H](C)C(=O)Nc1ccc(COC(=O)CCC(C)(C)C)cc1. The first-order valence-electron chi connectivity index (χ1n) is 14.2. The van der Waals surface area contributed by atoms with Gasteiger partial charge >= 0.3 is 5.97 Å². The maximum absolute atomic E-state index is 13.1. The van der Waals surface area contributed by atoms with Crippen molar-refractivity contribution in [2.75, 3.05) is 9.74 Å². The molecule has 228 valence electrons. The van der Waals surface area contributed by atoms with E-state index in [1.807, 2.05) is 36.4 Å². The molecular formula is C33H43IN2O6. The Morgan fingerprint density at radius 1 is 0.857 bits per heavy atom. The molecule has 2 aromatic rings. The van der Waals surface area contributed by atoms with Crippen LogP contribution < -0.4 is 10.6 Å². The quantitative estimate of drug-likeness (QED) is 0.101. The van der Waals surface area contributed by atoms with Crippen LogP contribution in [0.5, 0.6) is 0 Å². The van der Waals surface area contributed by atoms with Crippen molar-refractivity contribution in [2.24, 2.45) is 17.3 Å². The molecule has 0 spiro atoms. The van der Waals surface area contributed by atoms with Crippen LogP contribution in [0.25, 0.3) is 0 Å². The van der Waals surface area contributed by atoms with Crippen LogP contribution in [0, 0.1) is 17.3 Å². The van der Waals surface area contributed by atoms with Crippen molar-refractivity contribution in [2.45, 2.75) is 79.9 Å². The molecule has 42 heavy (non-hydrogen) atoms. The number of amides is 2.